The molecule has 0 radical (unpaired) electrons. The summed E-state index contributed by atoms with van der Waals surface area (Å²) in [5.74, 6) is 1.55. The third-order valence-corrected chi connectivity index (χ3v) is 5.26. The molecule has 1 aliphatic heterocycles. The zero-order chi connectivity index (χ0) is 12.3. The lowest BCUT2D eigenvalue weighted by Gasteiger charge is -2.25. The molecule has 1 unspecified atom stereocenters. The summed E-state index contributed by atoms with van der Waals surface area (Å²) in [6, 6.07) is 0.547. The summed E-state index contributed by atoms with van der Waals surface area (Å²) >= 11 is 2.04. The van der Waals surface area contributed by atoms with Gasteiger partial charge in [-0.2, -0.15) is 11.8 Å². The third-order valence-electron chi connectivity index (χ3n) is 3.72. The van der Waals surface area contributed by atoms with Crippen LogP contribution >= 0.6 is 11.8 Å². The Balaban J connectivity index is 1.68. The maximum Gasteiger partial charge on any atom is 0.236 e. The van der Waals surface area contributed by atoms with Gasteiger partial charge in [-0.1, -0.05) is 0 Å². The Morgan fingerprint density at radius 3 is 2.82 bits per heavy atom. The number of likely N-dealkylation sites (N-methyl/N-ethyl adjacent to an activating group) is 1. The van der Waals surface area contributed by atoms with Crippen molar-refractivity contribution in [2.45, 2.75) is 50.3 Å². The lowest BCUT2D eigenvalue weighted by Crippen LogP contribution is -2.42. The van der Waals surface area contributed by atoms with Gasteiger partial charge in [0.05, 0.1) is 6.54 Å². The van der Waals surface area contributed by atoms with Gasteiger partial charge in [-0.15, -0.1) is 0 Å². The molecule has 1 amide bonds. The van der Waals surface area contributed by atoms with Crippen LogP contribution in [0.4, 0.5) is 0 Å². The summed E-state index contributed by atoms with van der Waals surface area (Å²) in [5.41, 5.74) is 0. The summed E-state index contributed by atoms with van der Waals surface area (Å²) in [6.45, 7) is 6.72. The molecule has 1 N–H and O–H groups in total. The first-order chi connectivity index (χ1) is 8.14. The van der Waals surface area contributed by atoms with Gasteiger partial charge in [-0.05, 0) is 45.3 Å². The van der Waals surface area contributed by atoms with Crippen LogP contribution < -0.4 is 5.32 Å². The first-order valence-corrected chi connectivity index (χ1v) is 7.77. The molecule has 0 bridgehead atoms. The van der Waals surface area contributed by atoms with E-state index in [1.54, 1.807) is 0 Å². The summed E-state index contributed by atoms with van der Waals surface area (Å²) in [5, 5.41) is 3.35. The van der Waals surface area contributed by atoms with Crippen LogP contribution in [0.25, 0.3) is 0 Å². The molecule has 17 heavy (non-hydrogen) atoms. The molecule has 0 aromatic heterocycles. The molecular formula is C13H24N2OS. The Morgan fingerprint density at radius 2 is 2.29 bits per heavy atom. The largest absolute Gasteiger partial charge is 0.339 e. The molecule has 0 spiro atoms. The molecule has 2 fully saturated rings. The quantitative estimate of drug-likeness (QED) is 0.787. The van der Waals surface area contributed by atoms with Gasteiger partial charge in [-0.25, -0.2) is 0 Å². The van der Waals surface area contributed by atoms with Crippen molar-refractivity contribution in [1.82, 2.24) is 10.2 Å². The molecule has 3 nitrogen and oxygen atoms in total. The van der Waals surface area contributed by atoms with Crippen molar-refractivity contribution >= 4 is 17.7 Å². The molecule has 1 saturated heterocycles. The fraction of sp³-hybridized carbons (Fsp3) is 0.923. The minimum Gasteiger partial charge on any atom is -0.339 e. The summed E-state index contributed by atoms with van der Waals surface area (Å²) < 4.78 is 0.358. The Kier molecular flexibility index (Phi) is 4.36. The molecule has 4 heteroatoms. The second kappa shape index (κ2) is 5.61. The Hall–Kier alpha value is -0.220. The molecule has 2 rings (SSSR count). The van der Waals surface area contributed by atoms with Crippen LogP contribution in [0.5, 0.6) is 0 Å². The van der Waals surface area contributed by atoms with E-state index in [1.165, 1.54) is 31.4 Å². The third kappa shape index (κ3) is 3.62. The number of hydrogen-bond donors (Lipinski definition) is 1. The zero-order valence-electron chi connectivity index (χ0n) is 11.0. The monoisotopic (exact) mass is 256 g/mol. The van der Waals surface area contributed by atoms with E-state index in [9.17, 15) is 4.79 Å². The van der Waals surface area contributed by atoms with Crippen molar-refractivity contribution in [3.63, 3.8) is 0 Å². The smallest absolute Gasteiger partial charge is 0.236 e. The molecule has 1 heterocycles. The van der Waals surface area contributed by atoms with E-state index in [0.717, 1.165) is 13.1 Å². The second-order valence-electron chi connectivity index (χ2n) is 5.42. The average molecular weight is 256 g/mol. The highest BCUT2D eigenvalue weighted by atomic mass is 32.2. The van der Waals surface area contributed by atoms with Gasteiger partial charge in [0, 0.05) is 23.9 Å². The van der Waals surface area contributed by atoms with Gasteiger partial charge in [0.1, 0.15) is 0 Å². The predicted octanol–water partition coefficient (Wildman–Crippen LogP) is 1.87. The van der Waals surface area contributed by atoms with Crippen LogP contribution in [-0.2, 0) is 4.79 Å². The lowest BCUT2D eigenvalue weighted by molar-refractivity contribution is -0.130. The highest BCUT2D eigenvalue weighted by Gasteiger charge is 2.32. The number of nitrogens with zero attached hydrogens (tertiary/aromatic N) is 1. The van der Waals surface area contributed by atoms with E-state index in [0.29, 0.717) is 17.3 Å². The highest BCUT2D eigenvalue weighted by molar-refractivity contribution is 8.00. The van der Waals surface area contributed by atoms with Crippen molar-refractivity contribution < 1.29 is 4.79 Å². The minimum atomic E-state index is 0.279. The lowest BCUT2D eigenvalue weighted by atomic mass is 10.1. The maximum absolute atomic E-state index is 12.0. The highest BCUT2D eigenvalue weighted by Crippen LogP contribution is 2.36. The van der Waals surface area contributed by atoms with E-state index in [4.69, 9.17) is 0 Å². The molecule has 0 aromatic rings. The molecule has 98 valence electrons. The first-order valence-electron chi connectivity index (χ1n) is 6.79. The summed E-state index contributed by atoms with van der Waals surface area (Å²) in [4.78, 5) is 14.0. The van der Waals surface area contributed by atoms with Crippen molar-refractivity contribution in [3.05, 3.63) is 0 Å². The Morgan fingerprint density at radius 1 is 1.53 bits per heavy atom. The number of carbonyl (C=O) groups is 1. The second-order valence-corrected chi connectivity index (χ2v) is 7.10. The Bertz CT molecular complexity index is 273. The number of rotatable bonds is 6. The average Bonchev–Trinajstić information content (AvgIpc) is 3.03. The minimum absolute atomic E-state index is 0.279. The number of amides is 1. The zero-order valence-corrected chi connectivity index (χ0v) is 11.8. The van der Waals surface area contributed by atoms with Gasteiger partial charge < -0.3 is 10.2 Å². The van der Waals surface area contributed by atoms with E-state index < -0.39 is 0 Å². The molecule has 1 saturated carbocycles. The normalized spacial score (nSPS) is 28.4. The molecule has 2 aliphatic rings. The fourth-order valence-corrected chi connectivity index (χ4v) is 3.81. The van der Waals surface area contributed by atoms with Crippen LogP contribution in [0, 0.1) is 0 Å². The number of carbonyl (C=O) groups excluding carboxylic acids is 1. The summed E-state index contributed by atoms with van der Waals surface area (Å²) in [6.07, 6.45) is 5.00. The van der Waals surface area contributed by atoms with E-state index >= 15 is 0 Å². The van der Waals surface area contributed by atoms with Crippen molar-refractivity contribution in [3.8, 4) is 0 Å². The standard InChI is InChI=1S/C13H24N2OS/c1-3-15(11-5-6-11)12(16)9-14-10-13(2)7-4-8-17-13/h11,14H,3-10H2,1-2H3. The van der Waals surface area contributed by atoms with Crippen LogP contribution in [0.3, 0.4) is 0 Å². The van der Waals surface area contributed by atoms with Gasteiger partial charge in [0.15, 0.2) is 0 Å². The van der Waals surface area contributed by atoms with Gasteiger partial charge in [0.2, 0.25) is 5.91 Å². The van der Waals surface area contributed by atoms with Gasteiger partial charge >= 0.3 is 0 Å². The van der Waals surface area contributed by atoms with E-state index in [2.05, 4.69) is 19.2 Å². The first kappa shape index (κ1) is 13.2. The number of nitrogens with one attached hydrogen (secondary N) is 1. The topological polar surface area (TPSA) is 32.3 Å². The van der Waals surface area contributed by atoms with Crippen LogP contribution in [0.2, 0.25) is 0 Å². The van der Waals surface area contributed by atoms with Crippen LogP contribution in [0.1, 0.15) is 39.5 Å². The molecular weight excluding hydrogens is 232 g/mol. The molecule has 1 atom stereocenters. The van der Waals surface area contributed by atoms with Gasteiger partial charge in [0.25, 0.3) is 0 Å². The van der Waals surface area contributed by atoms with Crippen LogP contribution in [-0.4, -0.2) is 47.0 Å². The summed E-state index contributed by atoms with van der Waals surface area (Å²) in [7, 11) is 0. The van der Waals surface area contributed by atoms with Crippen molar-refractivity contribution in [2.24, 2.45) is 0 Å². The van der Waals surface area contributed by atoms with Crippen molar-refractivity contribution in [1.29, 1.82) is 0 Å². The SMILES string of the molecule is CCN(C(=O)CNCC1(C)CCCS1)C1CC1. The van der Waals surface area contributed by atoms with Crippen molar-refractivity contribution in [2.75, 3.05) is 25.4 Å². The Labute approximate surface area is 109 Å². The molecule has 1 aliphatic carbocycles. The predicted molar refractivity (Wildman–Crippen MR) is 73.4 cm³/mol. The molecule has 0 aromatic carbocycles. The van der Waals surface area contributed by atoms with E-state index in [1.807, 2.05) is 16.7 Å². The number of hydrogen-bond acceptors (Lipinski definition) is 3. The van der Waals surface area contributed by atoms with Gasteiger partial charge in [-0.3, -0.25) is 4.79 Å². The fourth-order valence-electron chi connectivity index (χ4n) is 2.54. The number of thioether (sulfide) groups is 1. The van der Waals surface area contributed by atoms with Crippen LogP contribution in [0.15, 0.2) is 0 Å². The maximum atomic E-state index is 12.0. The van der Waals surface area contributed by atoms with E-state index in [-0.39, 0.29) is 5.91 Å².